The van der Waals surface area contributed by atoms with Gasteiger partial charge in [0.1, 0.15) is 37.7 Å². The summed E-state index contributed by atoms with van der Waals surface area (Å²) in [6.07, 6.45) is 0. The highest BCUT2D eigenvalue weighted by molar-refractivity contribution is 5.43. The number of methoxy groups -OCH3 is 2. The SMILES string of the molecule is COc1ccc([C@@H](c2nnnn2C(C)(C)C)[NH+]2CC[NH+](C)CC2)c(OC)c1. The highest BCUT2D eigenvalue weighted by atomic mass is 16.5. The fourth-order valence-corrected chi connectivity index (χ4v) is 3.74. The summed E-state index contributed by atoms with van der Waals surface area (Å²) >= 11 is 0. The highest BCUT2D eigenvalue weighted by Gasteiger charge is 2.38. The number of likely N-dealkylation sites (N-methyl/N-ethyl adjacent to an activating group) is 1. The molecule has 3 rings (SSSR count). The van der Waals surface area contributed by atoms with Crippen LogP contribution in [-0.4, -0.2) is 67.7 Å². The minimum absolute atomic E-state index is 0.00758. The number of rotatable bonds is 5. The molecule has 1 aromatic carbocycles. The van der Waals surface area contributed by atoms with Gasteiger partial charge in [-0.1, -0.05) is 0 Å². The Morgan fingerprint density at radius 1 is 1.07 bits per heavy atom. The van der Waals surface area contributed by atoms with E-state index in [4.69, 9.17) is 9.47 Å². The summed E-state index contributed by atoms with van der Waals surface area (Å²) in [7, 11) is 5.62. The van der Waals surface area contributed by atoms with E-state index in [0.29, 0.717) is 0 Å². The maximum atomic E-state index is 5.73. The third-order valence-electron chi connectivity index (χ3n) is 5.29. The summed E-state index contributed by atoms with van der Waals surface area (Å²) in [5.74, 6) is 2.46. The van der Waals surface area contributed by atoms with E-state index in [1.807, 2.05) is 16.8 Å². The van der Waals surface area contributed by atoms with Gasteiger partial charge in [-0.05, 0) is 43.3 Å². The van der Waals surface area contributed by atoms with Crippen LogP contribution in [0, 0.1) is 0 Å². The van der Waals surface area contributed by atoms with Crippen molar-refractivity contribution in [1.82, 2.24) is 20.2 Å². The van der Waals surface area contributed by atoms with Gasteiger partial charge in [-0.3, -0.25) is 0 Å². The van der Waals surface area contributed by atoms with Crippen molar-refractivity contribution in [1.29, 1.82) is 0 Å². The lowest BCUT2D eigenvalue weighted by molar-refractivity contribution is -1.02. The zero-order chi connectivity index (χ0) is 19.6. The molecule has 1 aromatic heterocycles. The Morgan fingerprint density at radius 2 is 1.78 bits per heavy atom. The topological polar surface area (TPSA) is 70.9 Å². The first-order valence-corrected chi connectivity index (χ1v) is 9.51. The molecule has 2 N–H and O–H groups in total. The summed E-state index contributed by atoms with van der Waals surface area (Å²) in [4.78, 5) is 3.03. The van der Waals surface area contributed by atoms with E-state index in [-0.39, 0.29) is 11.6 Å². The van der Waals surface area contributed by atoms with E-state index in [1.165, 1.54) is 4.90 Å². The molecule has 0 aliphatic carbocycles. The summed E-state index contributed by atoms with van der Waals surface area (Å²) in [6.45, 7) is 10.7. The fraction of sp³-hybridized carbons (Fsp3) is 0.632. The van der Waals surface area contributed by atoms with Crippen LogP contribution in [0.15, 0.2) is 18.2 Å². The predicted octanol–water partition coefficient (Wildman–Crippen LogP) is -1.05. The molecule has 1 saturated heterocycles. The molecular formula is C19H32N6O2+2. The lowest BCUT2D eigenvalue weighted by atomic mass is 10.00. The summed E-state index contributed by atoms with van der Waals surface area (Å²) in [5.41, 5.74) is 0.891. The third-order valence-corrected chi connectivity index (χ3v) is 5.29. The molecule has 8 nitrogen and oxygen atoms in total. The monoisotopic (exact) mass is 376 g/mol. The average Bonchev–Trinajstić information content (AvgIpc) is 3.13. The number of hydrogen-bond donors (Lipinski definition) is 2. The van der Waals surface area contributed by atoms with Gasteiger partial charge < -0.3 is 19.3 Å². The van der Waals surface area contributed by atoms with Crippen LogP contribution in [0.25, 0.3) is 0 Å². The van der Waals surface area contributed by atoms with Crippen molar-refractivity contribution < 1.29 is 19.3 Å². The quantitative estimate of drug-likeness (QED) is 0.697. The van der Waals surface area contributed by atoms with Gasteiger partial charge in [0.05, 0.1) is 32.4 Å². The van der Waals surface area contributed by atoms with Gasteiger partial charge in [0.25, 0.3) is 0 Å². The van der Waals surface area contributed by atoms with Crippen LogP contribution in [0.3, 0.4) is 0 Å². The van der Waals surface area contributed by atoms with Gasteiger partial charge in [-0.25, -0.2) is 4.68 Å². The molecule has 2 heterocycles. The number of benzene rings is 1. The molecule has 1 aliphatic rings. The molecule has 2 aromatic rings. The van der Waals surface area contributed by atoms with Crippen LogP contribution in [0.5, 0.6) is 11.5 Å². The second-order valence-corrected chi connectivity index (χ2v) is 8.28. The van der Waals surface area contributed by atoms with Crippen molar-refractivity contribution in [3.8, 4) is 11.5 Å². The lowest BCUT2D eigenvalue weighted by Crippen LogP contribution is -3.27. The molecule has 148 valence electrons. The van der Waals surface area contributed by atoms with Crippen molar-refractivity contribution in [2.24, 2.45) is 0 Å². The van der Waals surface area contributed by atoms with Crippen LogP contribution in [0.4, 0.5) is 0 Å². The number of tetrazole rings is 1. The van der Waals surface area contributed by atoms with Crippen molar-refractivity contribution in [3.63, 3.8) is 0 Å². The van der Waals surface area contributed by atoms with Gasteiger partial charge in [0, 0.05) is 6.07 Å². The van der Waals surface area contributed by atoms with E-state index in [1.54, 1.807) is 19.1 Å². The molecule has 1 aliphatic heterocycles. The minimum atomic E-state index is -0.200. The summed E-state index contributed by atoms with van der Waals surface area (Å²) < 4.78 is 13.1. The number of ether oxygens (including phenoxy) is 2. The zero-order valence-electron chi connectivity index (χ0n) is 17.2. The third kappa shape index (κ3) is 4.06. The van der Waals surface area contributed by atoms with Gasteiger partial charge in [0.15, 0.2) is 6.04 Å². The van der Waals surface area contributed by atoms with Crippen molar-refractivity contribution in [2.75, 3.05) is 47.4 Å². The van der Waals surface area contributed by atoms with E-state index in [0.717, 1.165) is 49.1 Å². The first-order valence-electron chi connectivity index (χ1n) is 9.51. The van der Waals surface area contributed by atoms with Gasteiger partial charge >= 0.3 is 0 Å². The number of piperazine rings is 1. The summed E-state index contributed by atoms with van der Waals surface area (Å²) in [6, 6.07) is 6.01. The van der Waals surface area contributed by atoms with Crippen LogP contribution in [-0.2, 0) is 5.54 Å². The number of nitrogens with zero attached hydrogens (tertiary/aromatic N) is 4. The Bertz CT molecular complexity index is 762. The van der Waals surface area contributed by atoms with Crippen LogP contribution < -0.4 is 19.3 Å². The molecular weight excluding hydrogens is 344 g/mol. The molecule has 8 heteroatoms. The molecule has 0 radical (unpaired) electrons. The average molecular weight is 377 g/mol. The normalized spacial score (nSPS) is 21.7. The second-order valence-electron chi connectivity index (χ2n) is 8.28. The molecule has 0 saturated carbocycles. The molecule has 0 spiro atoms. The predicted molar refractivity (Wildman–Crippen MR) is 102 cm³/mol. The Kier molecular flexibility index (Phi) is 5.67. The first kappa shape index (κ1) is 19.6. The molecule has 0 unspecified atom stereocenters. The minimum Gasteiger partial charge on any atom is -0.497 e. The maximum Gasteiger partial charge on any atom is 0.214 e. The van der Waals surface area contributed by atoms with Crippen molar-refractivity contribution in [2.45, 2.75) is 32.4 Å². The largest absolute Gasteiger partial charge is 0.497 e. The van der Waals surface area contributed by atoms with Gasteiger partial charge in [0.2, 0.25) is 5.82 Å². The fourth-order valence-electron chi connectivity index (χ4n) is 3.74. The molecule has 1 atom stereocenters. The summed E-state index contributed by atoms with van der Waals surface area (Å²) in [5, 5.41) is 12.8. The Balaban J connectivity index is 2.11. The number of nitrogens with one attached hydrogen (secondary N) is 2. The molecule has 27 heavy (non-hydrogen) atoms. The van der Waals surface area contributed by atoms with E-state index >= 15 is 0 Å². The molecule has 0 amide bonds. The van der Waals surface area contributed by atoms with Crippen LogP contribution in [0.2, 0.25) is 0 Å². The Hall–Kier alpha value is -2.19. The first-order chi connectivity index (χ1) is 12.8. The second kappa shape index (κ2) is 7.82. The number of hydrogen-bond acceptors (Lipinski definition) is 5. The number of quaternary nitrogens is 2. The van der Waals surface area contributed by atoms with Gasteiger partial charge in [-0.15, -0.1) is 5.10 Å². The highest BCUT2D eigenvalue weighted by Crippen LogP contribution is 2.32. The van der Waals surface area contributed by atoms with Crippen LogP contribution >= 0.6 is 0 Å². The van der Waals surface area contributed by atoms with E-state index < -0.39 is 0 Å². The number of aromatic nitrogens is 4. The van der Waals surface area contributed by atoms with Crippen molar-refractivity contribution in [3.05, 3.63) is 29.6 Å². The molecule has 0 bridgehead atoms. The molecule has 1 fully saturated rings. The Morgan fingerprint density at radius 3 is 2.37 bits per heavy atom. The maximum absolute atomic E-state index is 5.73. The Labute approximate surface area is 161 Å². The zero-order valence-corrected chi connectivity index (χ0v) is 17.2. The smallest absolute Gasteiger partial charge is 0.214 e. The lowest BCUT2D eigenvalue weighted by Gasteiger charge is -2.34. The van der Waals surface area contributed by atoms with Crippen LogP contribution in [0.1, 0.15) is 38.2 Å². The van der Waals surface area contributed by atoms with E-state index in [9.17, 15) is 0 Å². The van der Waals surface area contributed by atoms with E-state index in [2.05, 4.69) is 49.4 Å². The standard InChI is InChI=1S/C19H30N6O2/c1-19(2,3)25-18(20-21-22-25)17(24-11-9-23(4)10-12-24)15-8-7-14(26-5)13-16(15)27-6/h7-8,13,17H,9-12H2,1-6H3/p+2/t17-/m0/s1. The van der Waals surface area contributed by atoms with Gasteiger partial charge in [-0.2, -0.15) is 0 Å². The van der Waals surface area contributed by atoms with Crippen molar-refractivity contribution >= 4 is 0 Å².